The molecular weight excluding hydrogens is 372 g/mol. The Kier molecular flexibility index (Phi) is 6.78. The van der Waals surface area contributed by atoms with Crippen molar-refractivity contribution in [3.63, 3.8) is 0 Å². The van der Waals surface area contributed by atoms with Gasteiger partial charge in [0.15, 0.2) is 0 Å². The van der Waals surface area contributed by atoms with Crippen LogP contribution in [0.2, 0.25) is 0 Å². The van der Waals surface area contributed by atoms with E-state index < -0.39 is 0 Å². The molecule has 2 aromatic rings. The zero-order valence-corrected chi connectivity index (χ0v) is 17.8. The number of carbonyl (C=O) groups is 1. The first-order valence-corrected chi connectivity index (χ1v) is 10.8. The molecule has 0 fully saturated rings. The molecule has 0 saturated heterocycles. The topological polar surface area (TPSA) is 69.0 Å². The molecule has 0 saturated carbocycles. The number of ether oxygens (including phenoxy) is 1. The van der Waals surface area contributed by atoms with Crippen LogP contribution in [-0.2, 0) is 9.53 Å². The first-order chi connectivity index (χ1) is 13.6. The van der Waals surface area contributed by atoms with Crippen molar-refractivity contribution in [2.75, 3.05) is 17.7 Å². The number of nitrogens with zero attached hydrogens (tertiary/aromatic N) is 3. The summed E-state index contributed by atoms with van der Waals surface area (Å²) < 4.78 is 7.18. The van der Waals surface area contributed by atoms with E-state index in [1.54, 1.807) is 11.8 Å². The van der Waals surface area contributed by atoms with Gasteiger partial charge in [0.25, 0.3) is 0 Å². The van der Waals surface area contributed by atoms with Crippen LogP contribution in [0.3, 0.4) is 0 Å². The fourth-order valence-corrected chi connectivity index (χ4v) is 4.19. The summed E-state index contributed by atoms with van der Waals surface area (Å²) in [5.41, 5.74) is 3.47. The number of anilines is 1. The Morgan fingerprint density at radius 1 is 1.25 bits per heavy atom. The largest absolute Gasteiger partial charge is 0.463 e. The molecule has 7 heteroatoms. The summed E-state index contributed by atoms with van der Waals surface area (Å²) in [5, 5.41) is 8.72. The fourth-order valence-electron chi connectivity index (χ4n) is 3.36. The van der Waals surface area contributed by atoms with Crippen LogP contribution in [0.1, 0.15) is 57.2 Å². The van der Waals surface area contributed by atoms with Gasteiger partial charge < -0.3 is 10.1 Å². The molecular formula is C21H28N4O2S. The van der Waals surface area contributed by atoms with Crippen LogP contribution >= 0.6 is 11.8 Å². The number of allylic oxidation sites excluding steroid dienone is 1. The maximum atomic E-state index is 12.8. The lowest BCUT2D eigenvalue weighted by Gasteiger charge is -2.28. The van der Waals surface area contributed by atoms with Gasteiger partial charge in [-0.25, -0.2) is 9.48 Å². The lowest BCUT2D eigenvalue weighted by Crippen LogP contribution is -2.30. The normalized spacial score (nSPS) is 15.9. The van der Waals surface area contributed by atoms with Gasteiger partial charge in [-0.05, 0) is 38.3 Å². The molecule has 6 nitrogen and oxygen atoms in total. The van der Waals surface area contributed by atoms with E-state index in [0.717, 1.165) is 34.2 Å². The van der Waals surface area contributed by atoms with Gasteiger partial charge in [-0.3, -0.25) is 0 Å². The van der Waals surface area contributed by atoms with Gasteiger partial charge in [0.2, 0.25) is 11.1 Å². The van der Waals surface area contributed by atoms with Crippen molar-refractivity contribution in [3.05, 3.63) is 46.7 Å². The maximum Gasteiger partial charge on any atom is 0.338 e. The van der Waals surface area contributed by atoms with E-state index in [1.807, 2.05) is 49.7 Å². The molecule has 28 heavy (non-hydrogen) atoms. The number of unbranched alkanes of at least 4 members (excludes halogenated alkanes) is 2. The third-order valence-corrected chi connectivity index (χ3v) is 5.71. The molecule has 0 unspecified atom stereocenters. The van der Waals surface area contributed by atoms with Crippen molar-refractivity contribution in [2.24, 2.45) is 0 Å². The first kappa shape index (κ1) is 20.5. The van der Waals surface area contributed by atoms with Crippen LogP contribution in [0.25, 0.3) is 0 Å². The molecule has 0 spiro atoms. The predicted octanol–water partition coefficient (Wildman–Crippen LogP) is 4.72. The number of hydrogen-bond acceptors (Lipinski definition) is 6. The second-order valence-electron chi connectivity index (χ2n) is 6.86. The summed E-state index contributed by atoms with van der Waals surface area (Å²) >= 11 is 1.66. The molecule has 1 aliphatic heterocycles. The number of nitrogens with one attached hydrogen (secondary N) is 1. The number of thioether (sulfide) groups is 1. The summed E-state index contributed by atoms with van der Waals surface area (Å²) in [5.74, 6) is 1.33. The van der Waals surface area contributed by atoms with E-state index in [1.165, 1.54) is 12.8 Å². The van der Waals surface area contributed by atoms with Crippen molar-refractivity contribution < 1.29 is 9.53 Å². The Balaban J connectivity index is 2.00. The van der Waals surface area contributed by atoms with E-state index >= 15 is 0 Å². The first-order valence-electron chi connectivity index (χ1n) is 9.86. The molecule has 3 rings (SSSR count). The van der Waals surface area contributed by atoms with Crippen molar-refractivity contribution in [1.29, 1.82) is 0 Å². The monoisotopic (exact) mass is 400 g/mol. The smallest absolute Gasteiger partial charge is 0.338 e. The minimum Gasteiger partial charge on any atom is -0.463 e. The molecule has 0 aliphatic carbocycles. The molecule has 150 valence electrons. The predicted molar refractivity (Wildman–Crippen MR) is 113 cm³/mol. The standard InChI is InChI=1S/C21H28N4O2S/c1-5-7-10-13-28-21-23-20-22-15(4)17(19(26)27-6-2)18(25(20)24-21)16-12-9-8-11-14(16)3/h8-9,11-12,18H,5-7,10,13H2,1-4H3,(H,22,23,24)/t18-/m0/s1. The third-order valence-electron chi connectivity index (χ3n) is 4.79. The molecule has 1 aliphatic rings. The molecule has 0 amide bonds. The molecule has 0 bridgehead atoms. The second-order valence-corrected chi connectivity index (χ2v) is 7.92. The number of aromatic nitrogens is 3. The van der Waals surface area contributed by atoms with Gasteiger partial charge in [0, 0.05) is 11.4 Å². The molecule has 2 heterocycles. The minimum absolute atomic E-state index is 0.320. The van der Waals surface area contributed by atoms with Crippen molar-refractivity contribution in [3.8, 4) is 0 Å². The maximum absolute atomic E-state index is 12.8. The lowest BCUT2D eigenvalue weighted by molar-refractivity contribution is -0.139. The molecule has 0 radical (unpaired) electrons. The molecule has 1 aromatic heterocycles. The Morgan fingerprint density at radius 2 is 2.04 bits per heavy atom. The van der Waals surface area contributed by atoms with Crippen LogP contribution in [0, 0.1) is 6.92 Å². The Hall–Kier alpha value is -2.28. The highest BCUT2D eigenvalue weighted by Gasteiger charge is 2.35. The van der Waals surface area contributed by atoms with Crippen molar-refractivity contribution >= 4 is 23.7 Å². The molecule has 1 aromatic carbocycles. The van der Waals surface area contributed by atoms with Gasteiger partial charge in [0.05, 0.1) is 12.2 Å². The minimum atomic E-state index is -0.353. The van der Waals surface area contributed by atoms with E-state index in [0.29, 0.717) is 18.1 Å². The van der Waals surface area contributed by atoms with Crippen molar-refractivity contribution in [2.45, 2.75) is 58.2 Å². The molecule has 1 N–H and O–H groups in total. The number of benzene rings is 1. The number of aryl methyl sites for hydroxylation is 1. The summed E-state index contributed by atoms with van der Waals surface area (Å²) in [6.07, 6.45) is 3.54. The van der Waals surface area contributed by atoms with Crippen LogP contribution in [0.4, 0.5) is 5.95 Å². The van der Waals surface area contributed by atoms with E-state index in [2.05, 4.69) is 17.2 Å². The average molecular weight is 401 g/mol. The summed E-state index contributed by atoms with van der Waals surface area (Å²) in [6, 6.07) is 7.72. The van der Waals surface area contributed by atoms with Crippen LogP contribution < -0.4 is 5.32 Å². The van der Waals surface area contributed by atoms with Crippen molar-refractivity contribution in [1.82, 2.24) is 14.8 Å². The van der Waals surface area contributed by atoms with E-state index in [-0.39, 0.29) is 12.0 Å². The summed E-state index contributed by atoms with van der Waals surface area (Å²) in [7, 11) is 0. The number of hydrogen-bond donors (Lipinski definition) is 1. The number of carbonyl (C=O) groups excluding carboxylic acids is 1. The Morgan fingerprint density at radius 3 is 2.75 bits per heavy atom. The number of rotatable bonds is 8. The Bertz CT molecular complexity index is 875. The van der Waals surface area contributed by atoms with E-state index in [4.69, 9.17) is 9.84 Å². The quantitative estimate of drug-likeness (QED) is 0.393. The summed E-state index contributed by atoms with van der Waals surface area (Å²) in [4.78, 5) is 17.4. The average Bonchev–Trinajstić information content (AvgIpc) is 3.07. The Labute approximate surface area is 170 Å². The van der Waals surface area contributed by atoms with Crippen LogP contribution in [0.15, 0.2) is 40.7 Å². The van der Waals surface area contributed by atoms with Crippen LogP contribution in [-0.4, -0.2) is 33.1 Å². The SMILES string of the molecule is CCCCCSc1nc2n(n1)[C@@H](c1ccccc1C)C(C(=O)OCC)=C(C)N2. The van der Waals surface area contributed by atoms with Gasteiger partial charge in [-0.2, -0.15) is 4.98 Å². The zero-order chi connectivity index (χ0) is 20.1. The van der Waals surface area contributed by atoms with Crippen LogP contribution in [0.5, 0.6) is 0 Å². The molecule has 1 atom stereocenters. The highest BCUT2D eigenvalue weighted by Crippen LogP contribution is 2.37. The third kappa shape index (κ3) is 4.24. The van der Waals surface area contributed by atoms with Gasteiger partial charge >= 0.3 is 5.97 Å². The highest BCUT2D eigenvalue weighted by molar-refractivity contribution is 7.99. The van der Waals surface area contributed by atoms with E-state index in [9.17, 15) is 4.79 Å². The highest BCUT2D eigenvalue weighted by atomic mass is 32.2. The zero-order valence-electron chi connectivity index (χ0n) is 17.0. The van der Waals surface area contributed by atoms with Gasteiger partial charge in [0.1, 0.15) is 6.04 Å². The number of fused-ring (bicyclic) bond motifs is 1. The summed E-state index contributed by atoms with van der Waals surface area (Å²) in [6.45, 7) is 8.29. The lowest BCUT2D eigenvalue weighted by atomic mass is 9.93. The van der Waals surface area contributed by atoms with Gasteiger partial charge in [-0.15, -0.1) is 5.10 Å². The second kappa shape index (κ2) is 9.28. The van der Waals surface area contributed by atoms with Gasteiger partial charge in [-0.1, -0.05) is 55.8 Å². The number of esters is 1. The fraction of sp³-hybridized carbons (Fsp3) is 0.476.